The van der Waals surface area contributed by atoms with E-state index in [2.05, 4.69) is 0 Å². The Bertz CT molecular complexity index is 1190. The van der Waals surface area contributed by atoms with Crippen molar-refractivity contribution in [1.82, 2.24) is 9.13 Å². The molecule has 136 valence electrons. The number of aromatic nitrogens is 2. The molecule has 0 saturated heterocycles. The van der Waals surface area contributed by atoms with Crippen molar-refractivity contribution in [2.45, 2.75) is 19.5 Å². The topological polar surface area (TPSA) is 57.1 Å². The third-order valence-electron chi connectivity index (χ3n) is 4.56. The molecule has 0 aliphatic heterocycles. The van der Waals surface area contributed by atoms with Gasteiger partial charge in [0.2, 0.25) is 0 Å². The SMILES string of the molecule is O=c1c2ccccc2n(Cc2ccco2)c(=O)n1CCc1ccc(Cl)cc1. The Morgan fingerprint density at radius 2 is 1.67 bits per heavy atom. The molecular weight excluding hydrogens is 364 g/mol. The molecule has 2 aromatic carbocycles. The Morgan fingerprint density at radius 3 is 2.41 bits per heavy atom. The summed E-state index contributed by atoms with van der Waals surface area (Å²) in [4.78, 5) is 26.0. The average Bonchev–Trinajstić information content (AvgIpc) is 3.20. The second kappa shape index (κ2) is 7.29. The van der Waals surface area contributed by atoms with E-state index >= 15 is 0 Å². The van der Waals surface area contributed by atoms with Gasteiger partial charge in [0.05, 0.1) is 23.7 Å². The summed E-state index contributed by atoms with van der Waals surface area (Å²) in [7, 11) is 0. The van der Waals surface area contributed by atoms with Crippen molar-refractivity contribution in [3.05, 3.63) is 104 Å². The van der Waals surface area contributed by atoms with Crippen LogP contribution < -0.4 is 11.2 Å². The Kier molecular flexibility index (Phi) is 4.69. The van der Waals surface area contributed by atoms with Gasteiger partial charge < -0.3 is 4.42 Å². The maximum atomic E-state index is 13.1. The third kappa shape index (κ3) is 3.46. The Balaban J connectivity index is 1.78. The highest BCUT2D eigenvalue weighted by molar-refractivity contribution is 6.30. The van der Waals surface area contributed by atoms with Crippen LogP contribution in [0.1, 0.15) is 11.3 Å². The number of furan rings is 1. The molecule has 4 aromatic rings. The first-order valence-electron chi connectivity index (χ1n) is 8.63. The molecule has 0 amide bonds. The van der Waals surface area contributed by atoms with Gasteiger partial charge in [-0.3, -0.25) is 13.9 Å². The molecule has 0 saturated carbocycles. The van der Waals surface area contributed by atoms with Gasteiger partial charge in [0.15, 0.2) is 0 Å². The van der Waals surface area contributed by atoms with Gasteiger partial charge in [-0.05, 0) is 48.4 Å². The first-order valence-corrected chi connectivity index (χ1v) is 9.00. The Hall–Kier alpha value is -3.05. The van der Waals surface area contributed by atoms with Crippen molar-refractivity contribution in [2.75, 3.05) is 0 Å². The highest BCUT2D eigenvalue weighted by atomic mass is 35.5. The van der Waals surface area contributed by atoms with Crippen LogP contribution in [0.4, 0.5) is 0 Å². The van der Waals surface area contributed by atoms with Gasteiger partial charge in [-0.2, -0.15) is 0 Å². The predicted molar refractivity (Wildman–Crippen MR) is 105 cm³/mol. The number of para-hydroxylation sites is 1. The highest BCUT2D eigenvalue weighted by Crippen LogP contribution is 2.12. The molecule has 0 atom stereocenters. The van der Waals surface area contributed by atoms with E-state index in [0.717, 1.165) is 5.56 Å². The van der Waals surface area contributed by atoms with Gasteiger partial charge in [0.25, 0.3) is 5.56 Å². The molecule has 0 aliphatic rings. The molecule has 27 heavy (non-hydrogen) atoms. The summed E-state index contributed by atoms with van der Waals surface area (Å²) in [6.45, 7) is 0.565. The number of rotatable bonds is 5. The molecule has 2 heterocycles. The minimum absolute atomic E-state index is 0.271. The smallest absolute Gasteiger partial charge is 0.331 e. The molecule has 0 radical (unpaired) electrons. The standard InChI is InChI=1S/C21H17ClN2O3/c22-16-9-7-15(8-10-16)11-12-23-20(25)18-5-1-2-6-19(18)24(21(23)26)14-17-4-3-13-27-17/h1-10,13H,11-12,14H2. The summed E-state index contributed by atoms with van der Waals surface area (Å²) in [6.07, 6.45) is 2.13. The zero-order valence-electron chi connectivity index (χ0n) is 14.5. The van der Waals surface area contributed by atoms with Gasteiger partial charge in [-0.1, -0.05) is 35.9 Å². The van der Waals surface area contributed by atoms with Gasteiger partial charge in [0, 0.05) is 11.6 Å². The molecule has 2 aromatic heterocycles. The van der Waals surface area contributed by atoms with Crippen LogP contribution in [-0.2, 0) is 19.5 Å². The monoisotopic (exact) mass is 380 g/mol. The van der Waals surface area contributed by atoms with Crippen LogP contribution in [0.25, 0.3) is 10.9 Å². The van der Waals surface area contributed by atoms with Gasteiger partial charge >= 0.3 is 5.69 Å². The fourth-order valence-electron chi connectivity index (χ4n) is 3.17. The van der Waals surface area contributed by atoms with Crippen LogP contribution in [0, 0.1) is 0 Å². The lowest BCUT2D eigenvalue weighted by atomic mass is 10.1. The highest BCUT2D eigenvalue weighted by Gasteiger charge is 2.14. The normalized spacial score (nSPS) is 11.1. The zero-order valence-corrected chi connectivity index (χ0v) is 15.2. The number of aryl methyl sites for hydroxylation is 1. The number of halogens is 1. The molecule has 0 unspecified atom stereocenters. The van der Waals surface area contributed by atoms with Crippen molar-refractivity contribution >= 4 is 22.5 Å². The quantitative estimate of drug-likeness (QED) is 0.530. The second-order valence-corrected chi connectivity index (χ2v) is 6.73. The molecule has 0 spiro atoms. The lowest BCUT2D eigenvalue weighted by Gasteiger charge is -2.13. The summed E-state index contributed by atoms with van der Waals surface area (Å²) in [5.41, 5.74) is 0.993. The average molecular weight is 381 g/mol. The number of nitrogens with zero attached hydrogens (tertiary/aromatic N) is 2. The summed E-state index contributed by atoms with van der Waals surface area (Å²) in [6, 6.07) is 18.1. The van der Waals surface area contributed by atoms with E-state index in [1.807, 2.05) is 24.3 Å². The van der Waals surface area contributed by atoms with Crippen LogP contribution in [0.3, 0.4) is 0 Å². The van der Waals surface area contributed by atoms with Crippen molar-refractivity contribution in [3.63, 3.8) is 0 Å². The van der Waals surface area contributed by atoms with E-state index in [1.165, 1.54) is 4.57 Å². The zero-order chi connectivity index (χ0) is 18.8. The number of fused-ring (bicyclic) bond motifs is 1. The van der Waals surface area contributed by atoms with E-state index in [1.54, 1.807) is 47.2 Å². The maximum Gasteiger partial charge on any atom is 0.331 e. The van der Waals surface area contributed by atoms with E-state index < -0.39 is 0 Å². The van der Waals surface area contributed by atoms with E-state index in [-0.39, 0.29) is 17.8 Å². The number of hydrogen-bond acceptors (Lipinski definition) is 3. The summed E-state index contributed by atoms with van der Waals surface area (Å²) < 4.78 is 8.26. The lowest BCUT2D eigenvalue weighted by Crippen LogP contribution is -2.40. The lowest BCUT2D eigenvalue weighted by molar-refractivity contribution is 0.482. The number of hydrogen-bond donors (Lipinski definition) is 0. The Morgan fingerprint density at radius 1 is 0.889 bits per heavy atom. The largest absolute Gasteiger partial charge is 0.467 e. The predicted octanol–water partition coefficient (Wildman–Crippen LogP) is 3.70. The minimum Gasteiger partial charge on any atom is -0.467 e. The van der Waals surface area contributed by atoms with Crippen molar-refractivity contribution in [2.24, 2.45) is 0 Å². The molecule has 5 nitrogen and oxygen atoms in total. The van der Waals surface area contributed by atoms with Crippen molar-refractivity contribution in [3.8, 4) is 0 Å². The van der Waals surface area contributed by atoms with Crippen LogP contribution in [0.2, 0.25) is 5.02 Å². The second-order valence-electron chi connectivity index (χ2n) is 6.30. The molecule has 0 fully saturated rings. The van der Waals surface area contributed by atoms with Crippen LogP contribution in [0.15, 0.2) is 80.9 Å². The van der Waals surface area contributed by atoms with Crippen LogP contribution in [-0.4, -0.2) is 9.13 Å². The maximum absolute atomic E-state index is 13.1. The molecule has 0 N–H and O–H groups in total. The van der Waals surface area contributed by atoms with Crippen molar-refractivity contribution in [1.29, 1.82) is 0 Å². The summed E-state index contributed by atoms with van der Waals surface area (Å²) >= 11 is 5.92. The van der Waals surface area contributed by atoms with Crippen molar-refractivity contribution < 1.29 is 4.42 Å². The third-order valence-corrected chi connectivity index (χ3v) is 4.82. The van der Waals surface area contributed by atoms with Crippen LogP contribution >= 0.6 is 11.6 Å². The van der Waals surface area contributed by atoms with E-state index in [4.69, 9.17) is 16.0 Å². The summed E-state index contributed by atoms with van der Waals surface area (Å²) in [5.74, 6) is 0.658. The van der Waals surface area contributed by atoms with E-state index in [0.29, 0.717) is 34.7 Å². The minimum atomic E-state index is -0.343. The van der Waals surface area contributed by atoms with Gasteiger partial charge in [-0.15, -0.1) is 0 Å². The molecule has 0 bridgehead atoms. The molecule has 4 rings (SSSR count). The molecule has 6 heteroatoms. The van der Waals surface area contributed by atoms with Crippen LogP contribution in [0.5, 0.6) is 0 Å². The Labute approximate surface area is 160 Å². The number of benzene rings is 2. The van der Waals surface area contributed by atoms with Gasteiger partial charge in [-0.25, -0.2) is 4.79 Å². The van der Waals surface area contributed by atoms with Gasteiger partial charge in [0.1, 0.15) is 5.76 Å². The first-order chi connectivity index (χ1) is 13.1. The summed E-state index contributed by atoms with van der Waals surface area (Å²) in [5, 5.41) is 1.17. The molecular formula is C21H17ClN2O3. The molecule has 0 aliphatic carbocycles. The van der Waals surface area contributed by atoms with E-state index in [9.17, 15) is 9.59 Å². The first kappa shape index (κ1) is 17.4. The fraction of sp³-hybridized carbons (Fsp3) is 0.143. The fourth-order valence-corrected chi connectivity index (χ4v) is 3.30.